The van der Waals surface area contributed by atoms with Crippen LogP contribution in [0, 0.1) is 0 Å². The highest BCUT2D eigenvalue weighted by Crippen LogP contribution is 2.46. The third-order valence-electron chi connectivity index (χ3n) is 7.00. The summed E-state index contributed by atoms with van der Waals surface area (Å²) < 4.78 is 7.28. The van der Waals surface area contributed by atoms with Crippen molar-refractivity contribution >= 4 is 28.1 Å². The summed E-state index contributed by atoms with van der Waals surface area (Å²) in [6, 6.07) is 16.6. The zero-order chi connectivity index (χ0) is 23.5. The SMILES string of the molecule is Cn1ncc2ccc(-c3n[nH]c4c3Cc3sc(-c5cccc(C(=O)N6CCOCC6)c5)cc3-4)cc21. The molecular formula is C27H23N5O2S. The first-order chi connectivity index (χ1) is 17.2. The topological polar surface area (TPSA) is 76.0 Å². The van der Waals surface area contributed by atoms with E-state index in [1.54, 1.807) is 11.3 Å². The van der Waals surface area contributed by atoms with Gasteiger partial charge in [-0.1, -0.05) is 24.3 Å². The van der Waals surface area contributed by atoms with Gasteiger partial charge in [-0.2, -0.15) is 10.2 Å². The fourth-order valence-electron chi connectivity index (χ4n) is 5.12. The van der Waals surface area contributed by atoms with Crippen LogP contribution < -0.4 is 0 Å². The molecule has 8 heteroatoms. The van der Waals surface area contributed by atoms with E-state index >= 15 is 0 Å². The third-order valence-corrected chi connectivity index (χ3v) is 8.18. The molecule has 7 rings (SSSR count). The number of ether oxygens (including phenoxy) is 1. The Hall–Kier alpha value is -3.75. The van der Waals surface area contributed by atoms with E-state index in [0.717, 1.165) is 45.4 Å². The number of hydrogen-bond donors (Lipinski definition) is 1. The first-order valence-corrected chi connectivity index (χ1v) is 12.6. The lowest BCUT2D eigenvalue weighted by Gasteiger charge is -2.27. The fraction of sp³-hybridized carbons (Fsp3) is 0.222. The van der Waals surface area contributed by atoms with E-state index in [1.165, 1.54) is 20.9 Å². The lowest BCUT2D eigenvalue weighted by Crippen LogP contribution is -2.40. The van der Waals surface area contributed by atoms with E-state index in [0.29, 0.717) is 26.3 Å². The zero-order valence-electron chi connectivity index (χ0n) is 19.2. The van der Waals surface area contributed by atoms with Crippen LogP contribution in [0.15, 0.2) is 54.7 Å². The van der Waals surface area contributed by atoms with Crippen LogP contribution in [0.3, 0.4) is 0 Å². The molecule has 0 radical (unpaired) electrons. The standard InChI is InChI=1S/C27H23N5O2S/c1-31-22-12-17(5-6-19(22)15-28-31)25-21-14-24-20(26(21)30-29-25)13-23(35-24)16-3-2-4-18(11-16)27(33)32-7-9-34-10-8-32/h2-6,11-13,15H,7-10,14H2,1H3,(H,29,30). The van der Waals surface area contributed by atoms with Gasteiger partial charge in [-0.15, -0.1) is 11.3 Å². The Morgan fingerprint density at radius 3 is 2.86 bits per heavy atom. The van der Waals surface area contributed by atoms with Gasteiger partial charge in [0.05, 0.1) is 36.3 Å². The van der Waals surface area contributed by atoms with Gasteiger partial charge in [0.2, 0.25) is 0 Å². The second-order valence-electron chi connectivity index (χ2n) is 9.08. The van der Waals surface area contributed by atoms with Gasteiger partial charge >= 0.3 is 0 Å². The highest BCUT2D eigenvalue weighted by atomic mass is 32.1. The molecular weight excluding hydrogens is 458 g/mol. The summed E-state index contributed by atoms with van der Waals surface area (Å²) in [7, 11) is 1.96. The van der Waals surface area contributed by atoms with Crippen molar-refractivity contribution in [2.24, 2.45) is 7.05 Å². The number of H-pyrrole nitrogens is 1. The molecule has 174 valence electrons. The molecule has 0 bridgehead atoms. The number of amides is 1. The smallest absolute Gasteiger partial charge is 0.254 e. The average Bonchev–Trinajstić information content (AvgIpc) is 3.66. The molecule has 1 aliphatic heterocycles. The molecule has 3 aromatic heterocycles. The van der Waals surface area contributed by atoms with Crippen LogP contribution >= 0.6 is 11.3 Å². The quantitative estimate of drug-likeness (QED) is 0.396. The molecule has 0 saturated carbocycles. The maximum atomic E-state index is 13.0. The second-order valence-corrected chi connectivity index (χ2v) is 10.2. The van der Waals surface area contributed by atoms with Crippen molar-refractivity contribution in [1.82, 2.24) is 24.9 Å². The van der Waals surface area contributed by atoms with Gasteiger partial charge in [0.25, 0.3) is 5.91 Å². The molecule has 2 aliphatic rings. The Labute approximate surface area is 206 Å². The Balaban J connectivity index is 1.20. The van der Waals surface area contributed by atoms with Gasteiger partial charge in [0, 0.05) is 64.0 Å². The number of benzene rings is 2. The lowest BCUT2D eigenvalue weighted by molar-refractivity contribution is 0.0303. The Kier molecular flexibility index (Phi) is 4.65. The molecule has 1 saturated heterocycles. The maximum absolute atomic E-state index is 13.0. The Morgan fingerprint density at radius 1 is 1.09 bits per heavy atom. The Bertz CT molecular complexity index is 1610. The summed E-state index contributed by atoms with van der Waals surface area (Å²) in [4.78, 5) is 17.3. The Morgan fingerprint density at radius 2 is 1.97 bits per heavy atom. The van der Waals surface area contributed by atoms with Crippen LogP contribution in [0.2, 0.25) is 0 Å². The number of nitrogens with zero attached hydrogens (tertiary/aromatic N) is 4. The first kappa shape index (κ1) is 20.6. The van der Waals surface area contributed by atoms with Crippen molar-refractivity contribution in [2.75, 3.05) is 26.3 Å². The van der Waals surface area contributed by atoms with E-state index in [1.807, 2.05) is 41.0 Å². The highest BCUT2D eigenvalue weighted by molar-refractivity contribution is 7.16. The van der Waals surface area contributed by atoms with Gasteiger partial charge in [-0.05, 0) is 29.8 Å². The number of aromatic nitrogens is 4. The van der Waals surface area contributed by atoms with Crippen molar-refractivity contribution in [1.29, 1.82) is 0 Å². The second kappa shape index (κ2) is 7.90. The minimum Gasteiger partial charge on any atom is -0.378 e. The summed E-state index contributed by atoms with van der Waals surface area (Å²) in [6.07, 6.45) is 2.74. The van der Waals surface area contributed by atoms with Crippen molar-refractivity contribution in [3.63, 3.8) is 0 Å². The number of aryl methyl sites for hydroxylation is 1. The molecule has 1 aliphatic carbocycles. The number of thiophene rings is 1. The van der Waals surface area contributed by atoms with Crippen LogP contribution in [0.25, 0.3) is 43.9 Å². The van der Waals surface area contributed by atoms with Crippen LogP contribution in [0.1, 0.15) is 20.8 Å². The first-order valence-electron chi connectivity index (χ1n) is 11.8. The number of carbonyl (C=O) groups excluding carboxylic acids is 1. The van der Waals surface area contributed by atoms with E-state index in [2.05, 4.69) is 45.6 Å². The number of nitrogens with one attached hydrogen (secondary N) is 1. The zero-order valence-corrected chi connectivity index (χ0v) is 20.1. The molecule has 2 aromatic carbocycles. The van der Waals surface area contributed by atoms with Crippen LogP contribution in [-0.4, -0.2) is 57.1 Å². The normalized spacial score (nSPS) is 14.9. The summed E-state index contributed by atoms with van der Waals surface area (Å²) in [6.45, 7) is 2.50. The predicted molar refractivity (Wildman–Crippen MR) is 137 cm³/mol. The minimum absolute atomic E-state index is 0.0742. The van der Waals surface area contributed by atoms with E-state index < -0.39 is 0 Å². The van der Waals surface area contributed by atoms with Crippen LogP contribution in [-0.2, 0) is 18.2 Å². The largest absolute Gasteiger partial charge is 0.378 e. The molecule has 4 heterocycles. The van der Waals surface area contributed by atoms with Gasteiger partial charge in [0.15, 0.2) is 0 Å². The fourth-order valence-corrected chi connectivity index (χ4v) is 6.29. The summed E-state index contributed by atoms with van der Waals surface area (Å²) in [5, 5.41) is 13.5. The molecule has 1 N–H and O–H groups in total. The minimum atomic E-state index is 0.0742. The summed E-state index contributed by atoms with van der Waals surface area (Å²) in [5.41, 5.74) is 8.57. The number of aromatic amines is 1. The summed E-state index contributed by atoms with van der Waals surface area (Å²) in [5.74, 6) is 0.0742. The van der Waals surface area contributed by atoms with Gasteiger partial charge in [-0.25, -0.2) is 0 Å². The molecule has 1 fully saturated rings. The number of morpholine rings is 1. The molecule has 0 unspecified atom stereocenters. The molecule has 7 nitrogen and oxygen atoms in total. The third kappa shape index (κ3) is 3.32. The van der Waals surface area contributed by atoms with E-state index in [4.69, 9.17) is 4.74 Å². The molecule has 35 heavy (non-hydrogen) atoms. The van der Waals surface area contributed by atoms with Gasteiger partial charge < -0.3 is 9.64 Å². The molecule has 0 atom stereocenters. The van der Waals surface area contributed by atoms with E-state index in [9.17, 15) is 4.79 Å². The average molecular weight is 482 g/mol. The van der Waals surface area contributed by atoms with Crippen LogP contribution in [0.5, 0.6) is 0 Å². The van der Waals surface area contributed by atoms with Crippen molar-refractivity contribution in [3.05, 3.63) is 70.7 Å². The molecule has 0 spiro atoms. The van der Waals surface area contributed by atoms with Crippen molar-refractivity contribution in [2.45, 2.75) is 6.42 Å². The summed E-state index contributed by atoms with van der Waals surface area (Å²) >= 11 is 1.80. The number of rotatable bonds is 3. The van der Waals surface area contributed by atoms with Crippen molar-refractivity contribution in [3.8, 4) is 33.0 Å². The number of carbonyl (C=O) groups is 1. The van der Waals surface area contributed by atoms with E-state index in [-0.39, 0.29) is 5.91 Å². The molecule has 1 amide bonds. The number of fused-ring (bicyclic) bond motifs is 4. The van der Waals surface area contributed by atoms with Crippen molar-refractivity contribution < 1.29 is 9.53 Å². The number of hydrogen-bond acceptors (Lipinski definition) is 5. The maximum Gasteiger partial charge on any atom is 0.254 e. The van der Waals surface area contributed by atoms with Gasteiger partial charge in [-0.3, -0.25) is 14.6 Å². The molecule has 5 aromatic rings. The monoisotopic (exact) mass is 481 g/mol. The van der Waals surface area contributed by atoms with Gasteiger partial charge in [0.1, 0.15) is 0 Å². The lowest BCUT2D eigenvalue weighted by atomic mass is 10.0. The highest BCUT2D eigenvalue weighted by Gasteiger charge is 2.28. The van der Waals surface area contributed by atoms with Crippen LogP contribution in [0.4, 0.5) is 0 Å². The predicted octanol–water partition coefficient (Wildman–Crippen LogP) is 4.74.